The lowest BCUT2D eigenvalue weighted by Crippen LogP contribution is -2.04. The van der Waals surface area contributed by atoms with Gasteiger partial charge in [0.05, 0.1) is 13.7 Å². The van der Waals surface area contributed by atoms with Gasteiger partial charge in [-0.05, 0) is 5.56 Å². The van der Waals surface area contributed by atoms with Crippen LogP contribution in [-0.2, 0) is 13.2 Å². The molecule has 0 radical (unpaired) electrons. The molecule has 2 rings (SSSR count). The van der Waals surface area contributed by atoms with E-state index < -0.39 is 0 Å². The summed E-state index contributed by atoms with van der Waals surface area (Å²) in [4.78, 5) is 4.09. The molecule has 16 heavy (non-hydrogen) atoms. The van der Waals surface area contributed by atoms with Crippen molar-refractivity contribution in [2.24, 2.45) is 0 Å². The van der Waals surface area contributed by atoms with Crippen molar-refractivity contribution in [1.82, 2.24) is 19.7 Å². The summed E-state index contributed by atoms with van der Waals surface area (Å²) in [5, 5.41) is 16.5. The lowest BCUT2D eigenvalue weighted by molar-refractivity contribution is 0.265. The third-order valence-electron chi connectivity index (χ3n) is 2.20. The molecule has 0 atom stereocenters. The first kappa shape index (κ1) is 10.6. The zero-order valence-corrected chi connectivity index (χ0v) is 8.87. The molecule has 6 nitrogen and oxygen atoms in total. The van der Waals surface area contributed by atoms with E-state index in [1.807, 2.05) is 6.07 Å². The normalized spacial score (nSPS) is 10.4. The summed E-state index contributed by atoms with van der Waals surface area (Å²) in [5.41, 5.74) is 0.996. The molecule has 0 spiro atoms. The highest BCUT2D eigenvalue weighted by Gasteiger charge is 2.03. The molecule has 2 heterocycles. The van der Waals surface area contributed by atoms with E-state index in [4.69, 9.17) is 9.84 Å². The molecular weight excluding hydrogens is 208 g/mol. The van der Waals surface area contributed by atoms with Crippen LogP contribution in [0.2, 0.25) is 0 Å². The van der Waals surface area contributed by atoms with Gasteiger partial charge in [-0.15, -0.1) is 10.2 Å². The van der Waals surface area contributed by atoms with E-state index in [1.165, 1.54) is 0 Å². The van der Waals surface area contributed by atoms with Gasteiger partial charge in [-0.1, -0.05) is 6.07 Å². The largest absolute Gasteiger partial charge is 0.481 e. The molecule has 0 unspecified atom stereocenters. The number of pyridine rings is 1. The van der Waals surface area contributed by atoms with E-state index in [1.54, 1.807) is 30.3 Å². The van der Waals surface area contributed by atoms with Crippen LogP contribution in [0.15, 0.2) is 24.7 Å². The van der Waals surface area contributed by atoms with Crippen molar-refractivity contribution in [2.75, 3.05) is 7.11 Å². The van der Waals surface area contributed by atoms with Crippen molar-refractivity contribution in [3.63, 3.8) is 0 Å². The maximum Gasteiger partial charge on any atom is 0.212 e. The number of ether oxygens (including phenoxy) is 1. The van der Waals surface area contributed by atoms with Crippen molar-refractivity contribution in [3.8, 4) is 5.88 Å². The molecule has 2 aromatic rings. The summed E-state index contributed by atoms with van der Waals surface area (Å²) in [7, 11) is 1.58. The van der Waals surface area contributed by atoms with Crippen LogP contribution < -0.4 is 4.74 Å². The summed E-state index contributed by atoms with van der Waals surface area (Å²) in [6, 6.07) is 3.70. The molecule has 6 heteroatoms. The number of aliphatic hydroxyl groups excluding tert-OH is 1. The average Bonchev–Trinajstić information content (AvgIpc) is 2.77. The monoisotopic (exact) mass is 220 g/mol. The van der Waals surface area contributed by atoms with Gasteiger partial charge in [-0.3, -0.25) is 0 Å². The molecule has 1 N–H and O–H groups in total. The Bertz CT molecular complexity index is 452. The second-order valence-electron chi connectivity index (χ2n) is 3.24. The van der Waals surface area contributed by atoms with Crippen LogP contribution in [0.1, 0.15) is 11.4 Å². The summed E-state index contributed by atoms with van der Waals surface area (Å²) < 4.78 is 6.73. The van der Waals surface area contributed by atoms with E-state index in [2.05, 4.69) is 15.2 Å². The number of hydrogen-bond acceptors (Lipinski definition) is 5. The van der Waals surface area contributed by atoms with E-state index in [9.17, 15) is 0 Å². The lowest BCUT2D eigenvalue weighted by Gasteiger charge is -2.05. The van der Waals surface area contributed by atoms with Gasteiger partial charge in [-0.2, -0.15) is 0 Å². The highest BCUT2D eigenvalue weighted by atomic mass is 16.5. The quantitative estimate of drug-likeness (QED) is 0.798. The Kier molecular flexibility index (Phi) is 3.11. The molecule has 0 fully saturated rings. The van der Waals surface area contributed by atoms with Crippen LogP contribution in [0.5, 0.6) is 5.88 Å². The molecule has 0 aliphatic heterocycles. The van der Waals surface area contributed by atoms with E-state index in [-0.39, 0.29) is 6.61 Å². The number of hydrogen-bond donors (Lipinski definition) is 1. The predicted octanol–water partition coefficient (Wildman–Crippen LogP) is 0.222. The molecular formula is C10H12N4O2. The van der Waals surface area contributed by atoms with Gasteiger partial charge < -0.3 is 14.4 Å². The molecule has 0 amide bonds. The van der Waals surface area contributed by atoms with Crippen LogP contribution in [0.25, 0.3) is 0 Å². The maximum atomic E-state index is 9.01. The molecule has 0 aliphatic carbocycles. The highest BCUT2D eigenvalue weighted by Crippen LogP contribution is 2.08. The lowest BCUT2D eigenvalue weighted by atomic mass is 10.3. The van der Waals surface area contributed by atoms with Crippen LogP contribution in [0, 0.1) is 0 Å². The fourth-order valence-corrected chi connectivity index (χ4v) is 1.36. The summed E-state index contributed by atoms with van der Waals surface area (Å²) in [6.45, 7) is 0.462. The smallest absolute Gasteiger partial charge is 0.212 e. The van der Waals surface area contributed by atoms with Crippen LogP contribution >= 0.6 is 0 Å². The molecule has 84 valence electrons. The van der Waals surface area contributed by atoms with Crippen LogP contribution in [0.3, 0.4) is 0 Å². The molecule has 0 saturated heterocycles. The van der Waals surface area contributed by atoms with Gasteiger partial charge in [-0.25, -0.2) is 4.98 Å². The number of aliphatic hydroxyl groups is 1. The zero-order chi connectivity index (χ0) is 11.4. The predicted molar refractivity (Wildman–Crippen MR) is 55.8 cm³/mol. The second kappa shape index (κ2) is 4.71. The summed E-state index contributed by atoms with van der Waals surface area (Å²) in [5.74, 6) is 1.12. The van der Waals surface area contributed by atoms with Gasteiger partial charge in [0, 0.05) is 12.3 Å². The molecule has 0 bridgehead atoms. The third kappa shape index (κ3) is 2.17. The first-order valence-electron chi connectivity index (χ1n) is 4.80. The summed E-state index contributed by atoms with van der Waals surface area (Å²) >= 11 is 0. The topological polar surface area (TPSA) is 73.1 Å². The minimum atomic E-state index is -0.121. The number of rotatable bonds is 4. The van der Waals surface area contributed by atoms with Crippen molar-refractivity contribution in [2.45, 2.75) is 13.2 Å². The number of methoxy groups -OCH3 is 1. The fraction of sp³-hybridized carbons (Fsp3) is 0.300. The Morgan fingerprint density at radius 2 is 2.31 bits per heavy atom. The van der Waals surface area contributed by atoms with Crippen LogP contribution in [-0.4, -0.2) is 32.0 Å². The standard InChI is InChI=1S/C10H12N4O2/c1-16-10-3-2-8(4-11-10)5-14-7-12-13-9(14)6-15/h2-4,7,15H,5-6H2,1H3. The van der Waals surface area contributed by atoms with Crippen molar-refractivity contribution in [1.29, 1.82) is 0 Å². The molecule has 0 aromatic carbocycles. The summed E-state index contributed by atoms with van der Waals surface area (Å²) in [6.07, 6.45) is 3.30. The van der Waals surface area contributed by atoms with E-state index in [0.717, 1.165) is 5.56 Å². The minimum absolute atomic E-state index is 0.121. The molecule has 0 aliphatic rings. The zero-order valence-electron chi connectivity index (χ0n) is 8.87. The fourth-order valence-electron chi connectivity index (χ4n) is 1.36. The SMILES string of the molecule is COc1ccc(Cn2cnnc2CO)cn1. The maximum absolute atomic E-state index is 9.01. The van der Waals surface area contributed by atoms with Crippen molar-refractivity contribution < 1.29 is 9.84 Å². The minimum Gasteiger partial charge on any atom is -0.481 e. The van der Waals surface area contributed by atoms with Crippen LogP contribution in [0.4, 0.5) is 0 Å². The van der Waals surface area contributed by atoms with Gasteiger partial charge in [0.15, 0.2) is 5.82 Å². The Labute approximate surface area is 92.5 Å². The van der Waals surface area contributed by atoms with E-state index >= 15 is 0 Å². The number of nitrogens with zero attached hydrogens (tertiary/aromatic N) is 4. The van der Waals surface area contributed by atoms with Gasteiger partial charge in [0.25, 0.3) is 0 Å². The Morgan fingerprint density at radius 3 is 2.94 bits per heavy atom. The van der Waals surface area contributed by atoms with Crippen molar-refractivity contribution >= 4 is 0 Å². The van der Waals surface area contributed by atoms with Gasteiger partial charge >= 0.3 is 0 Å². The first-order chi connectivity index (χ1) is 7.83. The highest BCUT2D eigenvalue weighted by molar-refractivity contribution is 5.18. The Hall–Kier alpha value is -1.95. The van der Waals surface area contributed by atoms with E-state index in [0.29, 0.717) is 18.2 Å². The van der Waals surface area contributed by atoms with Gasteiger partial charge in [0.1, 0.15) is 12.9 Å². The van der Waals surface area contributed by atoms with Gasteiger partial charge in [0.2, 0.25) is 5.88 Å². The average molecular weight is 220 g/mol. The molecule has 2 aromatic heterocycles. The first-order valence-corrected chi connectivity index (χ1v) is 4.80. The Morgan fingerprint density at radius 1 is 1.44 bits per heavy atom. The molecule has 0 saturated carbocycles. The van der Waals surface area contributed by atoms with Crippen molar-refractivity contribution in [3.05, 3.63) is 36.0 Å². The third-order valence-corrected chi connectivity index (χ3v) is 2.20. The number of aromatic nitrogens is 4. The Balaban J connectivity index is 2.14. The second-order valence-corrected chi connectivity index (χ2v) is 3.24.